The molecular formula is C12H21N. The van der Waals surface area contributed by atoms with E-state index in [0.29, 0.717) is 0 Å². The maximum atomic E-state index is 2.18. The Morgan fingerprint density at radius 1 is 1.08 bits per heavy atom. The molecule has 13 heavy (non-hydrogen) atoms. The van der Waals surface area contributed by atoms with Crippen LogP contribution in [-0.2, 0) is 6.42 Å². The van der Waals surface area contributed by atoms with E-state index in [1.165, 1.54) is 11.3 Å². The van der Waals surface area contributed by atoms with Crippen LogP contribution < -0.4 is 4.90 Å². The first-order valence-corrected chi connectivity index (χ1v) is 5.01. The summed E-state index contributed by atoms with van der Waals surface area (Å²) in [5.41, 5.74) is 2.74. The molecule has 1 nitrogen and oxygen atoms in total. The van der Waals surface area contributed by atoms with Crippen molar-refractivity contribution >= 4 is 5.69 Å². The molecule has 0 N–H and O–H groups in total. The first kappa shape index (κ1) is 12.0. The summed E-state index contributed by atoms with van der Waals surface area (Å²) in [4.78, 5) is 2.15. The molecule has 0 radical (unpaired) electrons. The van der Waals surface area contributed by atoms with Crippen LogP contribution in [0.3, 0.4) is 0 Å². The molecule has 0 unspecified atom stereocenters. The second-order valence-corrected chi connectivity index (χ2v) is 2.88. The van der Waals surface area contributed by atoms with Gasteiger partial charge in [0.05, 0.1) is 0 Å². The topological polar surface area (TPSA) is 3.24 Å². The van der Waals surface area contributed by atoms with Gasteiger partial charge in [-0.2, -0.15) is 0 Å². The van der Waals surface area contributed by atoms with Crippen LogP contribution in [0.4, 0.5) is 5.69 Å². The average Bonchev–Trinajstić information content (AvgIpc) is 2.20. The molecule has 0 fully saturated rings. The van der Waals surface area contributed by atoms with Crippen molar-refractivity contribution in [3.63, 3.8) is 0 Å². The number of benzene rings is 1. The van der Waals surface area contributed by atoms with Crippen LogP contribution >= 0.6 is 0 Å². The fourth-order valence-electron chi connectivity index (χ4n) is 1.25. The van der Waals surface area contributed by atoms with Crippen molar-refractivity contribution in [2.45, 2.75) is 27.2 Å². The fraction of sp³-hybridized carbons (Fsp3) is 0.500. The van der Waals surface area contributed by atoms with Gasteiger partial charge in [0.2, 0.25) is 0 Å². The number of rotatable bonds is 2. The average molecular weight is 179 g/mol. The number of para-hydroxylation sites is 1. The van der Waals surface area contributed by atoms with Gasteiger partial charge in [-0.25, -0.2) is 0 Å². The van der Waals surface area contributed by atoms with Crippen LogP contribution in [0.25, 0.3) is 0 Å². The van der Waals surface area contributed by atoms with Crippen molar-refractivity contribution in [3.8, 4) is 0 Å². The van der Waals surface area contributed by atoms with E-state index in [1.54, 1.807) is 0 Å². The third-order valence-corrected chi connectivity index (χ3v) is 1.85. The highest BCUT2D eigenvalue weighted by Crippen LogP contribution is 2.17. The summed E-state index contributed by atoms with van der Waals surface area (Å²) in [6.45, 7) is 6.18. The molecule has 0 aliphatic carbocycles. The summed E-state index contributed by atoms with van der Waals surface area (Å²) in [5.74, 6) is 0. The molecule has 74 valence electrons. The predicted molar refractivity (Wildman–Crippen MR) is 61.5 cm³/mol. The second-order valence-electron chi connectivity index (χ2n) is 2.88. The molecule has 0 bridgehead atoms. The van der Waals surface area contributed by atoms with Crippen LogP contribution in [0.2, 0.25) is 0 Å². The highest BCUT2D eigenvalue weighted by atomic mass is 15.1. The lowest BCUT2D eigenvalue weighted by Gasteiger charge is -2.15. The van der Waals surface area contributed by atoms with Gasteiger partial charge in [0.15, 0.2) is 0 Å². The standard InChI is InChI=1S/C10H15N.C2H6/c1-4-9-7-5-6-8-10(9)11(2)3;1-2/h5-8H,4H2,1-3H3;1-2H3. The summed E-state index contributed by atoms with van der Waals surface area (Å²) < 4.78 is 0. The summed E-state index contributed by atoms with van der Waals surface area (Å²) in [5, 5.41) is 0. The largest absolute Gasteiger partial charge is 0.377 e. The SMILES string of the molecule is CC.CCc1ccccc1N(C)C. The van der Waals surface area contributed by atoms with Crippen LogP contribution in [0.5, 0.6) is 0 Å². The van der Waals surface area contributed by atoms with E-state index >= 15 is 0 Å². The first-order valence-electron chi connectivity index (χ1n) is 5.01. The summed E-state index contributed by atoms with van der Waals surface area (Å²) in [7, 11) is 4.16. The molecule has 0 saturated carbocycles. The highest BCUT2D eigenvalue weighted by molar-refractivity contribution is 5.52. The monoisotopic (exact) mass is 179 g/mol. The van der Waals surface area contributed by atoms with Crippen molar-refractivity contribution < 1.29 is 0 Å². The van der Waals surface area contributed by atoms with Gasteiger partial charge in [-0.15, -0.1) is 0 Å². The molecule has 0 saturated heterocycles. The van der Waals surface area contributed by atoms with Gasteiger partial charge in [-0.3, -0.25) is 0 Å². The molecule has 1 heteroatoms. The van der Waals surface area contributed by atoms with Crippen molar-refractivity contribution in [2.24, 2.45) is 0 Å². The van der Waals surface area contributed by atoms with Gasteiger partial charge < -0.3 is 4.90 Å². The Balaban J connectivity index is 0.000000671. The molecule has 1 aromatic carbocycles. The third kappa shape index (κ3) is 3.49. The van der Waals surface area contributed by atoms with E-state index in [1.807, 2.05) is 13.8 Å². The summed E-state index contributed by atoms with van der Waals surface area (Å²) >= 11 is 0. The molecule has 0 atom stereocenters. The zero-order valence-corrected chi connectivity index (χ0v) is 9.46. The van der Waals surface area contributed by atoms with E-state index in [9.17, 15) is 0 Å². The Morgan fingerprint density at radius 2 is 1.62 bits per heavy atom. The lowest BCUT2D eigenvalue weighted by Crippen LogP contribution is -2.10. The maximum Gasteiger partial charge on any atom is 0.0393 e. The third-order valence-electron chi connectivity index (χ3n) is 1.85. The van der Waals surface area contributed by atoms with Crippen molar-refractivity contribution in [2.75, 3.05) is 19.0 Å². The number of hydrogen-bond donors (Lipinski definition) is 0. The second kappa shape index (κ2) is 6.53. The molecule has 1 rings (SSSR count). The molecule has 0 aliphatic heterocycles. The minimum Gasteiger partial charge on any atom is -0.377 e. The zero-order valence-electron chi connectivity index (χ0n) is 9.46. The number of anilines is 1. The van der Waals surface area contributed by atoms with E-state index in [2.05, 4.69) is 50.2 Å². The molecule has 0 amide bonds. The van der Waals surface area contributed by atoms with Crippen molar-refractivity contribution in [1.29, 1.82) is 0 Å². The van der Waals surface area contributed by atoms with Gasteiger partial charge >= 0.3 is 0 Å². The van der Waals surface area contributed by atoms with E-state index < -0.39 is 0 Å². The molecule has 0 spiro atoms. The molecule has 0 heterocycles. The smallest absolute Gasteiger partial charge is 0.0393 e. The van der Waals surface area contributed by atoms with Crippen molar-refractivity contribution in [1.82, 2.24) is 0 Å². The van der Waals surface area contributed by atoms with E-state index in [0.717, 1.165) is 6.42 Å². The van der Waals surface area contributed by atoms with Crippen LogP contribution in [0.1, 0.15) is 26.3 Å². The predicted octanol–water partition coefficient (Wildman–Crippen LogP) is 3.34. The van der Waals surface area contributed by atoms with Crippen LogP contribution in [-0.4, -0.2) is 14.1 Å². The number of nitrogens with zero attached hydrogens (tertiary/aromatic N) is 1. The summed E-state index contributed by atoms with van der Waals surface area (Å²) in [6, 6.07) is 8.49. The Kier molecular flexibility index (Phi) is 6.03. The minimum absolute atomic E-state index is 1.11. The normalized spacial score (nSPS) is 8.69. The lowest BCUT2D eigenvalue weighted by molar-refractivity contribution is 1.06. The van der Waals surface area contributed by atoms with Gasteiger partial charge in [0.1, 0.15) is 0 Å². The Labute approximate surface area is 82.4 Å². The molecule has 0 aliphatic rings. The molecule has 0 aromatic heterocycles. The Hall–Kier alpha value is -0.980. The van der Waals surface area contributed by atoms with Gasteiger partial charge in [0.25, 0.3) is 0 Å². The Morgan fingerprint density at radius 3 is 2.00 bits per heavy atom. The molecular weight excluding hydrogens is 158 g/mol. The van der Waals surface area contributed by atoms with E-state index in [4.69, 9.17) is 0 Å². The van der Waals surface area contributed by atoms with Crippen LogP contribution in [0.15, 0.2) is 24.3 Å². The van der Waals surface area contributed by atoms with Gasteiger partial charge in [-0.1, -0.05) is 39.0 Å². The van der Waals surface area contributed by atoms with Gasteiger partial charge in [0, 0.05) is 19.8 Å². The highest BCUT2D eigenvalue weighted by Gasteiger charge is 1.99. The Bertz CT molecular complexity index is 228. The quantitative estimate of drug-likeness (QED) is 0.673. The zero-order chi connectivity index (χ0) is 10.3. The van der Waals surface area contributed by atoms with Crippen molar-refractivity contribution in [3.05, 3.63) is 29.8 Å². The fourth-order valence-corrected chi connectivity index (χ4v) is 1.25. The maximum absolute atomic E-state index is 2.18. The summed E-state index contributed by atoms with van der Waals surface area (Å²) in [6.07, 6.45) is 1.11. The number of hydrogen-bond acceptors (Lipinski definition) is 1. The first-order chi connectivity index (χ1) is 6.25. The van der Waals surface area contributed by atoms with Crippen LogP contribution in [0, 0.1) is 0 Å². The molecule has 1 aromatic rings. The number of aryl methyl sites for hydroxylation is 1. The van der Waals surface area contributed by atoms with E-state index in [-0.39, 0.29) is 0 Å². The van der Waals surface area contributed by atoms with Gasteiger partial charge in [-0.05, 0) is 18.1 Å². The lowest BCUT2D eigenvalue weighted by atomic mass is 10.1. The minimum atomic E-state index is 1.11.